The molecular formula is C16H19ClN2O. The highest BCUT2D eigenvalue weighted by molar-refractivity contribution is 6.31. The van der Waals surface area contributed by atoms with Gasteiger partial charge < -0.3 is 10.4 Å². The second kappa shape index (κ2) is 5.98. The lowest BCUT2D eigenvalue weighted by molar-refractivity contribution is 0.123. The predicted molar refractivity (Wildman–Crippen MR) is 83.2 cm³/mol. The molecule has 3 rings (SSSR count). The molecule has 0 aliphatic heterocycles. The average Bonchev–Trinajstić information content (AvgIpc) is 2.98. The minimum Gasteiger partial charge on any atom is -0.391 e. The van der Waals surface area contributed by atoms with Gasteiger partial charge >= 0.3 is 0 Å². The first-order valence-electron chi connectivity index (χ1n) is 7.20. The zero-order chi connectivity index (χ0) is 13.9. The molecular weight excluding hydrogens is 272 g/mol. The molecule has 0 spiro atoms. The maximum atomic E-state index is 10.2. The van der Waals surface area contributed by atoms with E-state index in [0.29, 0.717) is 17.5 Å². The molecule has 1 aromatic heterocycles. The first-order valence-corrected chi connectivity index (χ1v) is 7.58. The number of halogens is 1. The molecule has 2 aromatic rings. The van der Waals surface area contributed by atoms with E-state index in [1.807, 2.05) is 24.3 Å². The van der Waals surface area contributed by atoms with Crippen molar-refractivity contribution in [3.63, 3.8) is 0 Å². The molecule has 2 N–H and O–H groups in total. The molecule has 0 saturated heterocycles. The molecule has 20 heavy (non-hydrogen) atoms. The van der Waals surface area contributed by atoms with Crippen LogP contribution in [0.4, 0.5) is 5.69 Å². The van der Waals surface area contributed by atoms with Crippen LogP contribution in [0.5, 0.6) is 0 Å². The van der Waals surface area contributed by atoms with Gasteiger partial charge in [-0.15, -0.1) is 0 Å². The van der Waals surface area contributed by atoms with E-state index in [9.17, 15) is 5.11 Å². The minimum atomic E-state index is -0.270. The van der Waals surface area contributed by atoms with Crippen LogP contribution in [0.15, 0.2) is 30.5 Å². The first kappa shape index (κ1) is 13.7. The Bertz CT molecular complexity index is 596. The quantitative estimate of drug-likeness (QED) is 0.899. The average molecular weight is 291 g/mol. The normalized spacial score (nSPS) is 17.5. The second-order valence-corrected chi connectivity index (χ2v) is 5.95. The lowest BCUT2D eigenvalue weighted by Crippen LogP contribution is -2.26. The van der Waals surface area contributed by atoms with Gasteiger partial charge in [0.25, 0.3) is 0 Å². The van der Waals surface area contributed by atoms with E-state index >= 15 is 0 Å². The Labute approximate surface area is 124 Å². The maximum Gasteiger partial charge on any atom is 0.0740 e. The molecule has 4 heteroatoms. The summed E-state index contributed by atoms with van der Waals surface area (Å²) in [5.74, 6) is 0.449. The zero-order valence-electron chi connectivity index (χ0n) is 11.3. The summed E-state index contributed by atoms with van der Waals surface area (Å²) in [4.78, 5) is 4.32. The van der Waals surface area contributed by atoms with Gasteiger partial charge in [-0.1, -0.05) is 24.4 Å². The van der Waals surface area contributed by atoms with Crippen molar-refractivity contribution in [2.24, 2.45) is 5.92 Å². The molecule has 0 amide bonds. The molecule has 1 aliphatic carbocycles. The number of aliphatic hydroxyl groups is 1. The van der Waals surface area contributed by atoms with E-state index in [1.165, 1.54) is 12.8 Å². The van der Waals surface area contributed by atoms with Gasteiger partial charge in [0.05, 0.1) is 11.6 Å². The van der Waals surface area contributed by atoms with Crippen LogP contribution in [0.1, 0.15) is 25.7 Å². The number of pyridine rings is 1. The molecule has 1 atom stereocenters. The number of nitrogens with one attached hydrogen (secondary N) is 1. The van der Waals surface area contributed by atoms with Crippen LogP contribution in [-0.4, -0.2) is 22.7 Å². The number of aliphatic hydroxyl groups excluding tert-OH is 1. The van der Waals surface area contributed by atoms with E-state index in [1.54, 1.807) is 6.20 Å². The van der Waals surface area contributed by atoms with Crippen LogP contribution in [0.2, 0.25) is 5.02 Å². The van der Waals surface area contributed by atoms with Crippen LogP contribution < -0.4 is 5.32 Å². The molecule has 1 aromatic carbocycles. The van der Waals surface area contributed by atoms with Gasteiger partial charge in [0, 0.05) is 28.8 Å². The van der Waals surface area contributed by atoms with Crippen LogP contribution in [-0.2, 0) is 0 Å². The van der Waals surface area contributed by atoms with Crippen LogP contribution in [0.3, 0.4) is 0 Å². The fourth-order valence-corrected chi connectivity index (χ4v) is 3.17. The SMILES string of the molecule is OC(CNc1ccnc2cc(Cl)ccc12)C1CCCC1. The number of benzene rings is 1. The van der Waals surface area contributed by atoms with Gasteiger partial charge in [0.2, 0.25) is 0 Å². The predicted octanol–water partition coefficient (Wildman–Crippen LogP) is 3.85. The fraction of sp³-hybridized carbons (Fsp3) is 0.438. The summed E-state index contributed by atoms with van der Waals surface area (Å²) < 4.78 is 0. The summed E-state index contributed by atoms with van der Waals surface area (Å²) in [6, 6.07) is 7.63. The summed E-state index contributed by atoms with van der Waals surface area (Å²) in [6.07, 6.45) is 6.29. The summed E-state index contributed by atoms with van der Waals surface area (Å²) in [6.45, 7) is 0.590. The van der Waals surface area contributed by atoms with Gasteiger partial charge in [0.15, 0.2) is 0 Å². The Morgan fingerprint density at radius 2 is 2.10 bits per heavy atom. The Morgan fingerprint density at radius 3 is 2.90 bits per heavy atom. The Morgan fingerprint density at radius 1 is 1.30 bits per heavy atom. The van der Waals surface area contributed by atoms with Crippen molar-refractivity contribution in [3.8, 4) is 0 Å². The molecule has 1 unspecified atom stereocenters. The standard InChI is InChI=1S/C16H19ClN2O/c17-12-5-6-13-14(7-8-18-15(13)9-12)19-10-16(20)11-3-1-2-4-11/h5-9,11,16,20H,1-4,10H2,(H,18,19). The number of anilines is 1. The lowest BCUT2D eigenvalue weighted by Gasteiger charge is -2.19. The fourth-order valence-electron chi connectivity index (χ4n) is 3.00. The van der Waals surface area contributed by atoms with Gasteiger partial charge in [-0.2, -0.15) is 0 Å². The molecule has 106 valence electrons. The summed E-state index contributed by atoms with van der Waals surface area (Å²) >= 11 is 5.98. The van der Waals surface area contributed by atoms with Gasteiger partial charge in [0.1, 0.15) is 0 Å². The van der Waals surface area contributed by atoms with E-state index in [-0.39, 0.29) is 6.10 Å². The van der Waals surface area contributed by atoms with Crippen molar-refractivity contribution in [1.29, 1.82) is 0 Å². The van der Waals surface area contributed by atoms with Gasteiger partial charge in [-0.3, -0.25) is 4.98 Å². The first-order chi connectivity index (χ1) is 9.74. The molecule has 0 bridgehead atoms. The third-order valence-corrected chi connectivity index (χ3v) is 4.39. The number of fused-ring (bicyclic) bond motifs is 1. The van der Waals surface area contributed by atoms with E-state index in [0.717, 1.165) is 29.4 Å². The van der Waals surface area contributed by atoms with E-state index in [2.05, 4.69) is 10.3 Å². The van der Waals surface area contributed by atoms with Crippen molar-refractivity contribution >= 4 is 28.2 Å². The Balaban J connectivity index is 1.74. The monoisotopic (exact) mass is 290 g/mol. The van der Waals surface area contributed by atoms with Crippen molar-refractivity contribution in [1.82, 2.24) is 4.98 Å². The van der Waals surface area contributed by atoms with Gasteiger partial charge in [-0.05, 0) is 43.0 Å². The molecule has 1 saturated carbocycles. The molecule has 3 nitrogen and oxygen atoms in total. The summed E-state index contributed by atoms with van der Waals surface area (Å²) in [5, 5.41) is 15.3. The summed E-state index contributed by atoms with van der Waals surface area (Å²) in [5.41, 5.74) is 1.88. The smallest absolute Gasteiger partial charge is 0.0740 e. The highest BCUT2D eigenvalue weighted by atomic mass is 35.5. The minimum absolute atomic E-state index is 0.270. The third kappa shape index (κ3) is 2.89. The van der Waals surface area contributed by atoms with Crippen LogP contribution >= 0.6 is 11.6 Å². The molecule has 0 radical (unpaired) electrons. The molecule has 1 fully saturated rings. The number of hydrogen-bond donors (Lipinski definition) is 2. The largest absolute Gasteiger partial charge is 0.391 e. The topological polar surface area (TPSA) is 45.1 Å². The Hall–Kier alpha value is -1.32. The molecule has 1 heterocycles. The highest BCUT2D eigenvalue weighted by Gasteiger charge is 2.22. The summed E-state index contributed by atoms with van der Waals surface area (Å²) in [7, 11) is 0. The number of hydrogen-bond acceptors (Lipinski definition) is 3. The number of rotatable bonds is 4. The van der Waals surface area contributed by atoms with E-state index in [4.69, 9.17) is 11.6 Å². The van der Waals surface area contributed by atoms with Gasteiger partial charge in [-0.25, -0.2) is 0 Å². The van der Waals surface area contributed by atoms with Crippen molar-refractivity contribution in [3.05, 3.63) is 35.5 Å². The number of aromatic nitrogens is 1. The highest BCUT2D eigenvalue weighted by Crippen LogP contribution is 2.29. The zero-order valence-corrected chi connectivity index (χ0v) is 12.1. The van der Waals surface area contributed by atoms with Crippen molar-refractivity contribution < 1.29 is 5.11 Å². The second-order valence-electron chi connectivity index (χ2n) is 5.51. The maximum absolute atomic E-state index is 10.2. The van der Waals surface area contributed by atoms with Crippen molar-refractivity contribution in [2.45, 2.75) is 31.8 Å². The van der Waals surface area contributed by atoms with E-state index < -0.39 is 0 Å². The molecule has 1 aliphatic rings. The Kier molecular flexibility index (Phi) is 4.08. The van der Waals surface area contributed by atoms with Crippen LogP contribution in [0.25, 0.3) is 10.9 Å². The number of nitrogens with zero attached hydrogens (tertiary/aromatic N) is 1. The third-order valence-electron chi connectivity index (χ3n) is 4.15. The van der Waals surface area contributed by atoms with Crippen LogP contribution in [0, 0.1) is 5.92 Å². The lowest BCUT2D eigenvalue weighted by atomic mass is 10.0. The van der Waals surface area contributed by atoms with Crippen molar-refractivity contribution in [2.75, 3.05) is 11.9 Å².